The standard InChI is InChI=1S/C18H19FN2O/c1-13(18(22)20-17-9-5-4-8-16(17)19)21-11-10-14-6-2-3-7-15(14)12-21/h2-9,13H,10-12H2,1H3,(H,20,22)/p+1/t13-/m0/s1. The van der Waals surface area contributed by atoms with Crippen molar-refractivity contribution in [3.05, 3.63) is 65.5 Å². The van der Waals surface area contributed by atoms with E-state index in [1.165, 1.54) is 22.1 Å². The van der Waals surface area contributed by atoms with Gasteiger partial charge in [0.05, 0.1) is 12.2 Å². The van der Waals surface area contributed by atoms with Crippen LogP contribution in [-0.2, 0) is 17.8 Å². The molecule has 0 saturated carbocycles. The highest BCUT2D eigenvalue weighted by atomic mass is 19.1. The zero-order valence-electron chi connectivity index (χ0n) is 12.6. The van der Waals surface area contributed by atoms with Gasteiger partial charge in [-0.05, 0) is 24.6 Å². The van der Waals surface area contributed by atoms with Gasteiger partial charge in [0.1, 0.15) is 12.4 Å². The largest absolute Gasteiger partial charge is 0.321 e. The number of amides is 1. The van der Waals surface area contributed by atoms with Crippen LogP contribution in [0.3, 0.4) is 0 Å². The number of anilines is 1. The first kappa shape index (κ1) is 14.7. The number of benzene rings is 2. The number of nitrogens with one attached hydrogen (secondary N) is 2. The monoisotopic (exact) mass is 299 g/mol. The Hall–Kier alpha value is -2.20. The van der Waals surface area contributed by atoms with Crippen molar-refractivity contribution in [3.63, 3.8) is 0 Å². The molecule has 1 unspecified atom stereocenters. The van der Waals surface area contributed by atoms with Crippen LogP contribution in [0.4, 0.5) is 10.1 Å². The number of halogens is 1. The van der Waals surface area contributed by atoms with Crippen LogP contribution in [0, 0.1) is 5.82 Å². The Balaban J connectivity index is 1.68. The van der Waals surface area contributed by atoms with Crippen molar-refractivity contribution in [2.24, 2.45) is 0 Å². The molecular weight excluding hydrogens is 279 g/mol. The fraction of sp³-hybridized carbons (Fsp3) is 0.278. The topological polar surface area (TPSA) is 33.5 Å². The highest BCUT2D eigenvalue weighted by molar-refractivity contribution is 5.93. The van der Waals surface area contributed by atoms with Gasteiger partial charge in [-0.15, -0.1) is 0 Å². The Bertz CT molecular complexity index is 686. The summed E-state index contributed by atoms with van der Waals surface area (Å²) in [5, 5.41) is 2.70. The first-order valence-corrected chi connectivity index (χ1v) is 7.62. The van der Waals surface area contributed by atoms with E-state index >= 15 is 0 Å². The maximum atomic E-state index is 13.6. The molecule has 22 heavy (non-hydrogen) atoms. The van der Waals surface area contributed by atoms with Crippen LogP contribution in [0.1, 0.15) is 18.1 Å². The summed E-state index contributed by atoms with van der Waals surface area (Å²) < 4.78 is 13.6. The lowest BCUT2D eigenvalue weighted by molar-refractivity contribution is -0.929. The van der Waals surface area contributed by atoms with E-state index in [0.29, 0.717) is 0 Å². The summed E-state index contributed by atoms with van der Waals surface area (Å²) in [6.07, 6.45) is 0.975. The van der Waals surface area contributed by atoms with E-state index < -0.39 is 5.82 Å². The van der Waals surface area contributed by atoms with E-state index in [4.69, 9.17) is 0 Å². The van der Waals surface area contributed by atoms with Crippen LogP contribution in [-0.4, -0.2) is 18.5 Å². The maximum absolute atomic E-state index is 13.6. The van der Waals surface area contributed by atoms with Crippen molar-refractivity contribution in [2.75, 3.05) is 11.9 Å². The Kier molecular flexibility index (Phi) is 4.20. The van der Waals surface area contributed by atoms with Crippen LogP contribution in [0.15, 0.2) is 48.5 Å². The molecular formula is C18H20FN2O+. The molecule has 0 aliphatic carbocycles. The number of carbonyl (C=O) groups is 1. The predicted octanol–water partition coefficient (Wildman–Crippen LogP) is 1.79. The van der Waals surface area contributed by atoms with Crippen molar-refractivity contribution >= 4 is 11.6 Å². The number of rotatable bonds is 3. The lowest BCUT2D eigenvalue weighted by Crippen LogP contribution is -3.16. The first-order valence-electron chi connectivity index (χ1n) is 7.62. The van der Waals surface area contributed by atoms with Crippen LogP contribution >= 0.6 is 0 Å². The molecule has 0 radical (unpaired) electrons. The summed E-state index contributed by atoms with van der Waals surface area (Å²) in [4.78, 5) is 13.6. The molecule has 0 fully saturated rings. The summed E-state index contributed by atoms with van der Waals surface area (Å²) in [7, 11) is 0. The van der Waals surface area contributed by atoms with E-state index in [0.717, 1.165) is 19.5 Å². The molecule has 1 aliphatic heterocycles. The molecule has 4 heteroatoms. The van der Waals surface area contributed by atoms with Gasteiger partial charge in [-0.1, -0.05) is 36.4 Å². The molecule has 1 heterocycles. The highest BCUT2D eigenvalue weighted by Gasteiger charge is 2.29. The fourth-order valence-electron chi connectivity index (χ4n) is 2.96. The molecule has 0 spiro atoms. The van der Waals surface area contributed by atoms with Crippen LogP contribution in [0.5, 0.6) is 0 Å². The number of carbonyl (C=O) groups excluding carboxylic acids is 1. The minimum atomic E-state index is -0.401. The first-order chi connectivity index (χ1) is 10.6. The maximum Gasteiger partial charge on any atom is 0.282 e. The molecule has 1 amide bonds. The SMILES string of the molecule is C[C@@H](C(=O)Nc1ccccc1F)[NH+]1CCc2ccccc2C1. The fourth-order valence-corrected chi connectivity index (χ4v) is 2.96. The highest BCUT2D eigenvalue weighted by Crippen LogP contribution is 2.13. The van der Waals surface area contributed by atoms with E-state index in [1.54, 1.807) is 18.2 Å². The summed E-state index contributed by atoms with van der Waals surface area (Å²) in [6.45, 7) is 3.66. The molecule has 114 valence electrons. The average Bonchev–Trinajstić information content (AvgIpc) is 2.55. The van der Waals surface area contributed by atoms with Gasteiger partial charge < -0.3 is 10.2 Å². The lowest BCUT2D eigenvalue weighted by Gasteiger charge is -2.30. The third-order valence-corrected chi connectivity index (χ3v) is 4.39. The molecule has 2 atom stereocenters. The van der Waals surface area contributed by atoms with E-state index in [9.17, 15) is 9.18 Å². The van der Waals surface area contributed by atoms with E-state index in [2.05, 4.69) is 23.5 Å². The number of quaternary nitrogens is 1. The quantitative estimate of drug-likeness (QED) is 0.890. The Morgan fingerprint density at radius 1 is 1.14 bits per heavy atom. The molecule has 2 aromatic carbocycles. The Morgan fingerprint density at radius 3 is 2.59 bits per heavy atom. The summed E-state index contributed by atoms with van der Waals surface area (Å²) in [6, 6.07) is 14.4. The van der Waals surface area contributed by atoms with Gasteiger partial charge in [-0.2, -0.15) is 0 Å². The summed E-state index contributed by atoms with van der Waals surface area (Å²) in [5.41, 5.74) is 2.92. The second-order valence-electron chi connectivity index (χ2n) is 5.79. The summed E-state index contributed by atoms with van der Waals surface area (Å²) >= 11 is 0. The molecule has 2 N–H and O–H groups in total. The van der Waals surface area contributed by atoms with Gasteiger partial charge in [0.25, 0.3) is 5.91 Å². The molecule has 3 rings (SSSR count). The zero-order valence-corrected chi connectivity index (χ0v) is 12.6. The number of hydrogen-bond acceptors (Lipinski definition) is 1. The third-order valence-electron chi connectivity index (χ3n) is 4.39. The van der Waals surface area contributed by atoms with Gasteiger partial charge in [0.2, 0.25) is 0 Å². The van der Waals surface area contributed by atoms with Crippen molar-refractivity contribution in [1.82, 2.24) is 0 Å². The van der Waals surface area contributed by atoms with Crippen molar-refractivity contribution in [1.29, 1.82) is 0 Å². The second kappa shape index (κ2) is 6.28. The van der Waals surface area contributed by atoms with Gasteiger partial charge in [-0.3, -0.25) is 4.79 Å². The van der Waals surface area contributed by atoms with Crippen LogP contribution < -0.4 is 10.2 Å². The number of para-hydroxylation sites is 1. The third kappa shape index (κ3) is 3.02. The predicted molar refractivity (Wildman–Crippen MR) is 84.2 cm³/mol. The second-order valence-corrected chi connectivity index (χ2v) is 5.79. The van der Waals surface area contributed by atoms with Crippen LogP contribution in [0.25, 0.3) is 0 Å². The number of hydrogen-bond donors (Lipinski definition) is 2. The minimum Gasteiger partial charge on any atom is -0.321 e. The minimum absolute atomic E-state index is 0.139. The summed E-state index contributed by atoms with van der Waals surface area (Å²) in [5.74, 6) is -0.540. The molecule has 3 nitrogen and oxygen atoms in total. The van der Waals surface area contributed by atoms with Gasteiger partial charge >= 0.3 is 0 Å². The van der Waals surface area contributed by atoms with Crippen molar-refractivity contribution in [2.45, 2.75) is 25.9 Å². The van der Waals surface area contributed by atoms with E-state index in [-0.39, 0.29) is 17.6 Å². The average molecular weight is 299 g/mol. The lowest BCUT2D eigenvalue weighted by atomic mass is 9.99. The zero-order chi connectivity index (χ0) is 15.5. The van der Waals surface area contributed by atoms with Crippen molar-refractivity contribution < 1.29 is 14.1 Å². The smallest absolute Gasteiger partial charge is 0.282 e. The van der Waals surface area contributed by atoms with Crippen LogP contribution in [0.2, 0.25) is 0 Å². The molecule has 1 aliphatic rings. The number of fused-ring (bicyclic) bond motifs is 1. The van der Waals surface area contributed by atoms with Crippen molar-refractivity contribution in [3.8, 4) is 0 Å². The Morgan fingerprint density at radius 2 is 1.82 bits per heavy atom. The Labute approximate surface area is 129 Å². The normalized spacial score (nSPS) is 18.4. The molecule has 0 aromatic heterocycles. The molecule has 0 saturated heterocycles. The van der Waals surface area contributed by atoms with Gasteiger partial charge in [0.15, 0.2) is 6.04 Å². The van der Waals surface area contributed by atoms with E-state index in [1.807, 2.05) is 13.0 Å². The van der Waals surface area contributed by atoms with Gasteiger partial charge in [-0.25, -0.2) is 4.39 Å². The molecule has 0 bridgehead atoms. The van der Waals surface area contributed by atoms with Gasteiger partial charge in [0, 0.05) is 12.0 Å². The molecule has 2 aromatic rings.